The molecule has 1 saturated heterocycles. The van der Waals surface area contributed by atoms with Crippen molar-refractivity contribution in [3.8, 4) is 0 Å². The lowest BCUT2D eigenvalue weighted by atomic mass is 9.97. The zero-order chi connectivity index (χ0) is 15.9. The lowest BCUT2D eigenvalue weighted by Gasteiger charge is -2.31. The van der Waals surface area contributed by atoms with E-state index < -0.39 is 0 Å². The zero-order valence-electron chi connectivity index (χ0n) is 14.0. The van der Waals surface area contributed by atoms with E-state index in [0.717, 1.165) is 44.7 Å². The number of carbonyl (C=O) groups excluding carboxylic acids is 1. The van der Waals surface area contributed by atoms with Crippen LogP contribution in [0.2, 0.25) is 0 Å². The number of piperidine rings is 1. The molecule has 0 bridgehead atoms. The van der Waals surface area contributed by atoms with Crippen molar-refractivity contribution in [3.63, 3.8) is 0 Å². The molecule has 2 rings (SSSR count). The molecule has 1 fully saturated rings. The Morgan fingerprint density at radius 3 is 2.73 bits per heavy atom. The standard InChI is InChI=1S/C17H28N4O/c1-14(2)4-8-20-9-6-16(7-10-20)12-18-17(22)13-21-11-5-15(3)19-21/h4-5,11,16H,6-10,12-13H2,1-3H3,(H,18,22). The molecule has 0 atom stereocenters. The van der Waals surface area contributed by atoms with Gasteiger partial charge in [-0.3, -0.25) is 14.4 Å². The van der Waals surface area contributed by atoms with Crippen LogP contribution in [0.1, 0.15) is 32.4 Å². The Balaban J connectivity index is 1.64. The molecule has 1 aromatic heterocycles. The van der Waals surface area contributed by atoms with E-state index >= 15 is 0 Å². The third-order valence-corrected chi connectivity index (χ3v) is 4.13. The average Bonchev–Trinajstić information content (AvgIpc) is 2.89. The summed E-state index contributed by atoms with van der Waals surface area (Å²) in [6.45, 7) is 10.6. The number of aromatic nitrogens is 2. The summed E-state index contributed by atoms with van der Waals surface area (Å²) in [6, 6.07) is 1.91. The highest BCUT2D eigenvalue weighted by atomic mass is 16.2. The van der Waals surface area contributed by atoms with Gasteiger partial charge < -0.3 is 5.32 Å². The highest BCUT2D eigenvalue weighted by Crippen LogP contribution is 2.16. The molecule has 0 radical (unpaired) electrons. The van der Waals surface area contributed by atoms with Crippen molar-refractivity contribution in [1.82, 2.24) is 20.0 Å². The van der Waals surface area contributed by atoms with Gasteiger partial charge in [-0.15, -0.1) is 0 Å². The maximum absolute atomic E-state index is 11.9. The van der Waals surface area contributed by atoms with E-state index in [2.05, 4.69) is 35.2 Å². The second-order valence-corrected chi connectivity index (χ2v) is 6.48. The van der Waals surface area contributed by atoms with Gasteiger partial charge in [0.1, 0.15) is 6.54 Å². The Morgan fingerprint density at radius 1 is 1.41 bits per heavy atom. The fraction of sp³-hybridized carbons (Fsp3) is 0.647. The van der Waals surface area contributed by atoms with Crippen molar-refractivity contribution in [2.75, 3.05) is 26.2 Å². The number of likely N-dealkylation sites (tertiary alicyclic amines) is 1. The molecule has 1 amide bonds. The summed E-state index contributed by atoms with van der Waals surface area (Å²) in [5.74, 6) is 0.654. The Labute approximate surface area is 133 Å². The molecule has 0 aromatic carbocycles. The number of hydrogen-bond donors (Lipinski definition) is 1. The number of aryl methyl sites for hydroxylation is 1. The number of nitrogens with one attached hydrogen (secondary N) is 1. The van der Waals surface area contributed by atoms with Crippen molar-refractivity contribution < 1.29 is 4.79 Å². The van der Waals surface area contributed by atoms with Crippen molar-refractivity contribution in [2.45, 2.75) is 40.2 Å². The molecule has 0 spiro atoms. The van der Waals surface area contributed by atoms with Crippen LogP contribution >= 0.6 is 0 Å². The van der Waals surface area contributed by atoms with E-state index in [4.69, 9.17) is 0 Å². The van der Waals surface area contributed by atoms with Gasteiger partial charge in [0.2, 0.25) is 5.91 Å². The summed E-state index contributed by atoms with van der Waals surface area (Å²) in [7, 11) is 0. The highest BCUT2D eigenvalue weighted by Gasteiger charge is 2.19. The average molecular weight is 304 g/mol. The van der Waals surface area contributed by atoms with Crippen LogP contribution < -0.4 is 5.32 Å². The predicted molar refractivity (Wildman–Crippen MR) is 88.6 cm³/mol. The first-order valence-electron chi connectivity index (χ1n) is 8.15. The van der Waals surface area contributed by atoms with Crippen LogP contribution in [0.5, 0.6) is 0 Å². The summed E-state index contributed by atoms with van der Waals surface area (Å²) in [4.78, 5) is 14.4. The molecular formula is C17H28N4O. The number of allylic oxidation sites excluding steroid dienone is 1. The van der Waals surface area contributed by atoms with Crippen LogP contribution in [0, 0.1) is 12.8 Å². The van der Waals surface area contributed by atoms with Gasteiger partial charge >= 0.3 is 0 Å². The van der Waals surface area contributed by atoms with E-state index in [9.17, 15) is 4.79 Å². The minimum absolute atomic E-state index is 0.0510. The monoisotopic (exact) mass is 304 g/mol. The molecule has 5 nitrogen and oxygen atoms in total. The summed E-state index contributed by atoms with van der Waals surface area (Å²) < 4.78 is 1.69. The molecule has 1 aliphatic rings. The minimum Gasteiger partial charge on any atom is -0.354 e. The van der Waals surface area contributed by atoms with Crippen LogP contribution in [0.4, 0.5) is 0 Å². The fourth-order valence-electron chi connectivity index (χ4n) is 2.70. The molecule has 1 aromatic rings. The van der Waals surface area contributed by atoms with Gasteiger partial charge in [0.05, 0.1) is 5.69 Å². The molecule has 2 heterocycles. The van der Waals surface area contributed by atoms with Crippen LogP contribution in [-0.2, 0) is 11.3 Å². The van der Waals surface area contributed by atoms with Crippen LogP contribution in [0.3, 0.4) is 0 Å². The minimum atomic E-state index is 0.0510. The van der Waals surface area contributed by atoms with E-state index in [1.165, 1.54) is 5.57 Å². The fourth-order valence-corrected chi connectivity index (χ4v) is 2.70. The second kappa shape index (κ2) is 8.13. The topological polar surface area (TPSA) is 50.2 Å². The van der Waals surface area contributed by atoms with Gasteiger partial charge in [-0.05, 0) is 58.7 Å². The quantitative estimate of drug-likeness (QED) is 0.818. The SMILES string of the molecule is CC(C)=CCN1CCC(CNC(=O)Cn2ccc(C)n2)CC1. The Bertz CT molecular complexity index is 508. The second-order valence-electron chi connectivity index (χ2n) is 6.48. The molecular weight excluding hydrogens is 276 g/mol. The van der Waals surface area contributed by atoms with Gasteiger partial charge in [-0.1, -0.05) is 11.6 Å². The Hall–Kier alpha value is -1.62. The maximum atomic E-state index is 11.9. The molecule has 122 valence electrons. The summed E-state index contributed by atoms with van der Waals surface area (Å²) >= 11 is 0. The molecule has 22 heavy (non-hydrogen) atoms. The van der Waals surface area contributed by atoms with Crippen LogP contribution in [-0.4, -0.2) is 46.8 Å². The van der Waals surface area contributed by atoms with Crippen LogP contribution in [0.25, 0.3) is 0 Å². The van der Waals surface area contributed by atoms with Crippen molar-refractivity contribution in [3.05, 3.63) is 29.6 Å². The van der Waals surface area contributed by atoms with Crippen LogP contribution in [0.15, 0.2) is 23.9 Å². The van der Waals surface area contributed by atoms with E-state index in [1.807, 2.05) is 19.2 Å². The van der Waals surface area contributed by atoms with E-state index in [1.54, 1.807) is 4.68 Å². The van der Waals surface area contributed by atoms with Gasteiger partial charge in [-0.25, -0.2) is 0 Å². The molecule has 1 aliphatic heterocycles. The summed E-state index contributed by atoms with van der Waals surface area (Å²) in [6.07, 6.45) is 6.46. The predicted octanol–water partition coefficient (Wildman–Crippen LogP) is 1.99. The molecule has 0 unspecified atom stereocenters. The number of rotatable bonds is 6. The third kappa shape index (κ3) is 5.64. The van der Waals surface area contributed by atoms with Crippen molar-refractivity contribution >= 4 is 5.91 Å². The zero-order valence-corrected chi connectivity index (χ0v) is 14.0. The van der Waals surface area contributed by atoms with Gasteiger partial charge in [-0.2, -0.15) is 5.10 Å². The van der Waals surface area contributed by atoms with Crippen molar-refractivity contribution in [1.29, 1.82) is 0 Å². The Morgan fingerprint density at radius 2 is 2.14 bits per heavy atom. The molecule has 5 heteroatoms. The number of carbonyl (C=O) groups is 1. The largest absolute Gasteiger partial charge is 0.354 e. The third-order valence-electron chi connectivity index (χ3n) is 4.13. The lowest BCUT2D eigenvalue weighted by molar-refractivity contribution is -0.122. The number of nitrogens with zero attached hydrogens (tertiary/aromatic N) is 3. The van der Waals surface area contributed by atoms with Crippen molar-refractivity contribution in [2.24, 2.45) is 5.92 Å². The normalized spacial score (nSPS) is 16.5. The maximum Gasteiger partial charge on any atom is 0.241 e. The first-order valence-corrected chi connectivity index (χ1v) is 8.15. The number of hydrogen-bond acceptors (Lipinski definition) is 3. The summed E-state index contributed by atoms with van der Waals surface area (Å²) in [5, 5.41) is 7.28. The van der Waals surface area contributed by atoms with Gasteiger partial charge in [0.15, 0.2) is 0 Å². The molecule has 0 aliphatic carbocycles. The highest BCUT2D eigenvalue weighted by molar-refractivity contribution is 5.75. The molecule has 0 saturated carbocycles. The first-order chi connectivity index (χ1) is 10.5. The van der Waals surface area contributed by atoms with E-state index in [0.29, 0.717) is 12.5 Å². The smallest absolute Gasteiger partial charge is 0.241 e. The first kappa shape index (κ1) is 16.7. The summed E-state index contributed by atoms with van der Waals surface area (Å²) in [5.41, 5.74) is 2.32. The molecule has 1 N–H and O–H groups in total. The van der Waals surface area contributed by atoms with E-state index in [-0.39, 0.29) is 5.91 Å². The Kier molecular flexibility index (Phi) is 6.19. The number of amides is 1. The van der Waals surface area contributed by atoms with Gasteiger partial charge in [0.25, 0.3) is 0 Å². The lowest BCUT2D eigenvalue weighted by Crippen LogP contribution is -2.39. The van der Waals surface area contributed by atoms with Gasteiger partial charge in [0, 0.05) is 19.3 Å².